The summed E-state index contributed by atoms with van der Waals surface area (Å²) < 4.78 is 0. The van der Waals surface area contributed by atoms with Crippen molar-refractivity contribution in [3.05, 3.63) is 36.0 Å². The van der Waals surface area contributed by atoms with Gasteiger partial charge in [-0.2, -0.15) is 0 Å². The minimum absolute atomic E-state index is 0.143. The monoisotopic (exact) mass is 221 g/mol. The van der Waals surface area contributed by atoms with Gasteiger partial charge in [-0.1, -0.05) is 13.0 Å². The van der Waals surface area contributed by atoms with Crippen molar-refractivity contribution in [2.24, 2.45) is 0 Å². The van der Waals surface area contributed by atoms with Crippen LogP contribution in [0.4, 0.5) is 0 Å². The molecule has 0 saturated heterocycles. The molecule has 1 aromatic rings. The lowest BCUT2D eigenvalue weighted by atomic mass is 10.1. The van der Waals surface area contributed by atoms with E-state index in [1.807, 2.05) is 13.0 Å². The van der Waals surface area contributed by atoms with Gasteiger partial charge in [0.1, 0.15) is 0 Å². The molecule has 0 fully saturated rings. The number of hydrogen-bond donors (Lipinski definition) is 3. The van der Waals surface area contributed by atoms with Crippen LogP contribution in [0.25, 0.3) is 0 Å². The molecule has 4 heteroatoms. The minimum atomic E-state index is -0.282. The van der Waals surface area contributed by atoms with Crippen LogP contribution in [0, 0.1) is 0 Å². The number of nitrogens with one attached hydrogen (secondary N) is 1. The summed E-state index contributed by atoms with van der Waals surface area (Å²) >= 11 is 0. The van der Waals surface area contributed by atoms with Gasteiger partial charge in [0.2, 0.25) is 0 Å². The maximum Gasteiger partial charge on any atom is 0.181 e. The maximum atomic E-state index is 11.6. The van der Waals surface area contributed by atoms with Crippen LogP contribution in [0.5, 0.6) is 11.5 Å². The molecule has 86 valence electrons. The number of allylic oxidation sites excluding steroid dienone is 1. The van der Waals surface area contributed by atoms with Crippen LogP contribution in [0.3, 0.4) is 0 Å². The van der Waals surface area contributed by atoms with Gasteiger partial charge in [0.25, 0.3) is 0 Å². The third-order valence-corrected chi connectivity index (χ3v) is 2.03. The van der Waals surface area contributed by atoms with Gasteiger partial charge in [-0.05, 0) is 30.8 Å². The summed E-state index contributed by atoms with van der Waals surface area (Å²) in [5.74, 6) is -0.651. The van der Waals surface area contributed by atoms with Crippen molar-refractivity contribution in [1.82, 2.24) is 5.32 Å². The molecule has 0 heterocycles. The van der Waals surface area contributed by atoms with E-state index >= 15 is 0 Å². The van der Waals surface area contributed by atoms with Gasteiger partial charge in [-0.25, -0.2) is 0 Å². The van der Waals surface area contributed by atoms with Gasteiger partial charge < -0.3 is 15.5 Å². The molecule has 0 radical (unpaired) electrons. The number of phenolic OH excluding ortho intramolecular Hbond substituents is 2. The Morgan fingerprint density at radius 3 is 2.75 bits per heavy atom. The van der Waals surface area contributed by atoms with Gasteiger partial charge in [-0.15, -0.1) is 0 Å². The van der Waals surface area contributed by atoms with Gasteiger partial charge >= 0.3 is 0 Å². The molecule has 0 aliphatic carbocycles. The molecule has 0 aliphatic heterocycles. The standard InChI is InChI=1S/C12H15NO3/c1-2-3-6-13-8-12(16)9-4-5-10(14)11(15)7-9/h3-7,13-15H,2,8H2,1H3/b6-3+. The highest BCUT2D eigenvalue weighted by atomic mass is 16.3. The first-order valence-corrected chi connectivity index (χ1v) is 5.08. The molecule has 0 unspecified atom stereocenters. The third kappa shape index (κ3) is 3.31. The molecule has 0 atom stereocenters. The quantitative estimate of drug-likeness (QED) is 0.523. The molecule has 4 nitrogen and oxygen atoms in total. The molecule has 0 bridgehead atoms. The first-order valence-electron chi connectivity index (χ1n) is 5.08. The number of hydrogen-bond acceptors (Lipinski definition) is 4. The Hall–Kier alpha value is -1.97. The fourth-order valence-electron chi connectivity index (χ4n) is 1.15. The summed E-state index contributed by atoms with van der Waals surface area (Å²) in [4.78, 5) is 11.6. The van der Waals surface area contributed by atoms with Crippen LogP contribution in [-0.2, 0) is 0 Å². The van der Waals surface area contributed by atoms with E-state index in [2.05, 4.69) is 5.32 Å². The number of rotatable bonds is 5. The predicted molar refractivity (Wildman–Crippen MR) is 61.5 cm³/mol. The second kappa shape index (κ2) is 5.80. The zero-order valence-electron chi connectivity index (χ0n) is 9.10. The highest BCUT2D eigenvalue weighted by Crippen LogP contribution is 2.24. The number of phenols is 2. The Labute approximate surface area is 94.2 Å². The second-order valence-electron chi connectivity index (χ2n) is 3.32. The van der Waals surface area contributed by atoms with Crippen LogP contribution in [0.1, 0.15) is 23.7 Å². The van der Waals surface area contributed by atoms with Crippen molar-refractivity contribution in [1.29, 1.82) is 0 Å². The summed E-state index contributed by atoms with van der Waals surface area (Å²) in [5, 5.41) is 21.1. The molecule has 3 N–H and O–H groups in total. The van der Waals surface area contributed by atoms with Crippen molar-refractivity contribution < 1.29 is 15.0 Å². The predicted octanol–water partition coefficient (Wildman–Crippen LogP) is 1.79. The number of ketones is 1. The van der Waals surface area contributed by atoms with Crippen LogP contribution in [0.15, 0.2) is 30.5 Å². The fourth-order valence-corrected chi connectivity index (χ4v) is 1.15. The van der Waals surface area contributed by atoms with Crippen molar-refractivity contribution in [2.75, 3.05) is 6.54 Å². The lowest BCUT2D eigenvalue weighted by Crippen LogP contribution is -2.17. The topological polar surface area (TPSA) is 69.6 Å². The fraction of sp³-hybridized carbons (Fsp3) is 0.250. The molecule has 0 aliphatic rings. The zero-order valence-corrected chi connectivity index (χ0v) is 9.10. The van der Waals surface area contributed by atoms with Crippen molar-refractivity contribution in [2.45, 2.75) is 13.3 Å². The Bertz CT molecular complexity index is 399. The first-order chi connectivity index (χ1) is 7.65. The lowest BCUT2D eigenvalue weighted by molar-refractivity contribution is 0.0994. The summed E-state index contributed by atoms with van der Waals surface area (Å²) in [6, 6.07) is 4.02. The zero-order chi connectivity index (χ0) is 12.0. The van der Waals surface area contributed by atoms with Crippen molar-refractivity contribution in [3.8, 4) is 11.5 Å². The van der Waals surface area contributed by atoms with Crippen LogP contribution in [0.2, 0.25) is 0 Å². The number of carbonyl (C=O) groups is 1. The maximum absolute atomic E-state index is 11.6. The summed E-state index contributed by atoms with van der Waals surface area (Å²) in [5.41, 5.74) is 0.368. The molecule has 0 aromatic heterocycles. The van der Waals surface area contributed by atoms with Crippen LogP contribution in [-0.4, -0.2) is 22.5 Å². The van der Waals surface area contributed by atoms with E-state index in [-0.39, 0.29) is 23.8 Å². The Kier molecular flexibility index (Phi) is 4.39. The molecular formula is C12H15NO3. The molecule has 1 aromatic carbocycles. The van der Waals surface area contributed by atoms with Gasteiger partial charge in [0, 0.05) is 5.56 Å². The van der Waals surface area contributed by atoms with Crippen molar-refractivity contribution in [3.63, 3.8) is 0 Å². The smallest absolute Gasteiger partial charge is 0.181 e. The van der Waals surface area contributed by atoms with E-state index in [0.29, 0.717) is 5.56 Å². The molecule has 16 heavy (non-hydrogen) atoms. The average Bonchev–Trinajstić information content (AvgIpc) is 2.28. The van der Waals surface area contributed by atoms with E-state index in [4.69, 9.17) is 5.11 Å². The van der Waals surface area contributed by atoms with E-state index in [0.717, 1.165) is 6.42 Å². The summed E-state index contributed by atoms with van der Waals surface area (Å²) in [6.07, 6.45) is 4.53. The van der Waals surface area contributed by atoms with Gasteiger partial charge in [-0.3, -0.25) is 4.79 Å². The molecule has 0 spiro atoms. The van der Waals surface area contributed by atoms with Gasteiger partial charge in [0.15, 0.2) is 17.3 Å². The number of benzene rings is 1. The summed E-state index contributed by atoms with van der Waals surface area (Å²) in [7, 11) is 0. The normalized spacial score (nSPS) is 10.6. The lowest BCUT2D eigenvalue weighted by Gasteiger charge is -2.03. The molecule has 0 amide bonds. The van der Waals surface area contributed by atoms with E-state index < -0.39 is 0 Å². The summed E-state index contributed by atoms with van der Waals surface area (Å²) in [6.45, 7) is 2.17. The van der Waals surface area contributed by atoms with Gasteiger partial charge in [0.05, 0.1) is 6.54 Å². The average molecular weight is 221 g/mol. The van der Waals surface area contributed by atoms with E-state index in [9.17, 15) is 9.90 Å². The van der Waals surface area contributed by atoms with Crippen LogP contribution >= 0.6 is 0 Å². The molecule has 0 saturated carbocycles. The van der Waals surface area contributed by atoms with E-state index in [1.165, 1.54) is 18.2 Å². The minimum Gasteiger partial charge on any atom is -0.504 e. The van der Waals surface area contributed by atoms with Crippen molar-refractivity contribution >= 4 is 5.78 Å². The SMILES string of the molecule is CC/C=C/NCC(=O)c1ccc(O)c(O)c1. The Morgan fingerprint density at radius 2 is 2.12 bits per heavy atom. The highest BCUT2D eigenvalue weighted by molar-refractivity contribution is 5.98. The Morgan fingerprint density at radius 1 is 1.38 bits per heavy atom. The molecule has 1 rings (SSSR count). The van der Waals surface area contributed by atoms with Crippen LogP contribution < -0.4 is 5.32 Å². The number of Topliss-reactive ketones (excluding diaryl/α,β-unsaturated/α-hetero) is 1. The highest BCUT2D eigenvalue weighted by Gasteiger charge is 2.07. The largest absolute Gasteiger partial charge is 0.504 e. The number of carbonyl (C=O) groups excluding carboxylic acids is 1. The number of aromatic hydroxyl groups is 2. The van der Waals surface area contributed by atoms with E-state index in [1.54, 1.807) is 6.20 Å². The molecular weight excluding hydrogens is 206 g/mol. The first kappa shape index (κ1) is 12.1. The third-order valence-electron chi connectivity index (χ3n) is 2.03. The second-order valence-corrected chi connectivity index (χ2v) is 3.32. The Balaban J connectivity index is 2.59.